The maximum Gasteiger partial charge on any atom is 0.141 e. The number of methoxy groups -OCH3 is 2. The zero-order chi connectivity index (χ0) is 8.91. The molecular weight excluding hydrogens is 180 g/mol. The molecule has 68 valence electrons. The lowest BCUT2D eigenvalue weighted by atomic mass is 10.1. The van der Waals surface area contributed by atoms with Crippen LogP contribution in [0.1, 0.15) is 13.3 Å². The zero-order valence-corrected chi connectivity index (χ0v) is 10.4. The van der Waals surface area contributed by atoms with Gasteiger partial charge in [-0.3, -0.25) is 0 Å². The van der Waals surface area contributed by atoms with Crippen LogP contribution >= 0.6 is 11.6 Å². The fourth-order valence-electron chi connectivity index (χ4n) is 0.938. The highest BCUT2D eigenvalue weighted by Crippen LogP contribution is 2.18. The van der Waals surface area contributed by atoms with Gasteiger partial charge in [-0.25, -0.2) is 0 Å². The number of hydrogen-bond donors (Lipinski definition) is 0. The highest BCUT2D eigenvalue weighted by atomic mass is 35.5. The second kappa shape index (κ2) is 5.14. The summed E-state index contributed by atoms with van der Waals surface area (Å²) in [5.41, 5.74) is -0.339. The van der Waals surface area contributed by atoms with E-state index in [0.29, 0.717) is 11.8 Å². The van der Waals surface area contributed by atoms with Crippen molar-refractivity contribution in [3.8, 4) is 0 Å². The molecule has 0 bridgehead atoms. The molecule has 11 heavy (non-hydrogen) atoms. The van der Waals surface area contributed by atoms with Gasteiger partial charge in [0.1, 0.15) is 5.41 Å². The van der Waals surface area contributed by atoms with Crippen LogP contribution < -0.4 is 0 Å². The summed E-state index contributed by atoms with van der Waals surface area (Å²) in [6.45, 7) is 2.09. The van der Waals surface area contributed by atoms with Crippen molar-refractivity contribution in [1.29, 1.82) is 0 Å². The van der Waals surface area contributed by atoms with Gasteiger partial charge >= 0.3 is 0 Å². The molecule has 0 aliphatic carbocycles. The van der Waals surface area contributed by atoms with Gasteiger partial charge in [0.15, 0.2) is 0 Å². The number of rotatable bonds is 5. The minimum atomic E-state index is -0.339. The maximum absolute atomic E-state index is 5.68. The molecule has 0 saturated carbocycles. The second-order valence-corrected chi connectivity index (χ2v) is 4.84. The number of alkyl halides is 1. The summed E-state index contributed by atoms with van der Waals surface area (Å²) in [5, 5.41) is 0. The lowest BCUT2D eigenvalue weighted by Gasteiger charge is -2.28. The summed E-state index contributed by atoms with van der Waals surface area (Å²) < 4.78 is 10.5. The molecule has 0 saturated heterocycles. The Kier molecular flexibility index (Phi) is 5.34. The molecule has 0 spiro atoms. The molecule has 0 aromatic carbocycles. The smallest absolute Gasteiger partial charge is 0.141 e. The quantitative estimate of drug-likeness (QED) is 0.364. The first-order valence-corrected chi connectivity index (χ1v) is 5.27. The van der Waals surface area contributed by atoms with Crippen LogP contribution in [0.25, 0.3) is 0 Å². The molecule has 1 atom stereocenters. The Labute approximate surface area is 76.6 Å². The molecule has 0 amide bonds. The van der Waals surface area contributed by atoms with Crippen molar-refractivity contribution in [2.75, 3.05) is 20.1 Å². The Bertz CT molecular complexity index is 107. The van der Waals surface area contributed by atoms with Gasteiger partial charge in [-0.15, -0.1) is 11.6 Å². The van der Waals surface area contributed by atoms with E-state index < -0.39 is 0 Å². The van der Waals surface area contributed by atoms with Crippen LogP contribution in [0.2, 0.25) is 0 Å². The summed E-state index contributed by atoms with van der Waals surface area (Å²) >= 11 is 5.68. The monoisotopic (exact) mass is 196 g/mol. The van der Waals surface area contributed by atoms with Gasteiger partial charge in [-0.1, -0.05) is 6.92 Å². The van der Waals surface area contributed by atoms with Crippen molar-refractivity contribution in [3.05, 3.63) is 0 Å². The molecule has 0 radical (unpaired) electrons. The zero-order valence-electron chi connectivity index (χ0n) is 7.69. The molecule has 0 aliphatic heterocycles. The first kappa shape index (κ1) is 11.4. The Morgan fingerprint density at radius 2 is 1.91 bits per heavy atom. The summed E-state index contributed by atoms with van der Waals surface area (Å²) in [5.74, 6) is 1.12. The Morgan fingerprint density at radius 1 is 1.45 bits per heavy atom. The van der Waals surface area contributed by atoms with Crippen LogP contribution in [0.3, 0.4) is 0 Å². The fourth-order valence-corrected chi connectivity index (χ4v) is 1.74. The van der Waals surface area contributed by atoms with Crippen LogP contribution in [0, 0.1) is 5.92 Å². The first-order chi connectivity index (χ1) is 5.08. The summed E-state index contributed by atoms with van der Waals surface area (Å²) in [6, 6.07) is 0. The van der Waals surface area contributed by atoms with Gasteiger partial charge in [0.25, 0.3) is 0 Å². The Morgan fingerprint density at radius 3 is 2.18 bits per heavy atom. The molecule has 0 aromatic rings. The van der Waals surface area contributed by atoms with E-state index in [1.54, 1.807) is 14.2 Å². The molecular formula is C7H17ClO2Si. The van der Waals surface area contributed by atoms with E-state index in [1.807, 2.05) is 0 Å². The third-order valence-electron chi connectivity index (χ3n) is 1.85. The van der Waals surface area contributed by atoms with E-state index in [4.69, 9.17) is 21.1 Å². The van der Waals surface area contributed by atoms with Gasteiger partial charge in [0.2, 0.25) is 0 Å². The third-order valence-corrected chi connectivity index (χ3v) is 3.60. The summed E-state index contributed by atoms with van der Waals surface area (Å²) in [7, 11) is 4.23. The van der Waals surface area contributed by atoms with Crippen molar-refractivity contribution in [2.45, 2.75) is 18.8 Å². The minimum absolute atomic E-state index is 0.339. The fraction of sp³-hybridized carbons (Fsp3) is 1.00. The van der Waals surface area contributed by atoms with Crippen molar-refractivity contribution in [1.82, 2.24) is 0 Å². The van der Waals surface area contributed by atoms with Crippen LogP contribution in [-0.2, 0) is 9.47 Å². The first-order valence-electron chi connectivity index (χ1n) is 3.74. The highest BCUT2D eigenvalue weighted by Gasteiger charge is 2.24. The van der Waals surface area contributed by atoms with Gasteiger partial charge < -0.3 is 9.47 Å². The minimum Gasteiger partial charge on any atom is -0.358 e. The topological polar surface area (TPSA) is 18.5 Å². The molecule has 0 aliphatic rings. The molecule has 4 heteroatoms. The maximum atomic E-state index is 5.68. The van der Waals surface area contributed by atoms with Crippen LogP contribution in [0.4, 0.5) is 0 Å². The average Bonchev–Trinajstić information content (AvgIpc) is 2.04. The van der Waals surface area contributed by atoms with Crippen LogP contribution in [-0.4, -0.2) is 35.8 Å². The van der Waals surface area contributed by atoms with E-state index in [0.717, 1.165) is 16.7 Å². The summed E-state index contributed by atoms with van der Waals surface area (Å²) in [6.07, 6.45) is 0.885. The SMILES string of the molecule is COC([SiH3])(CC(C)CCl)OC. The van der Waals surface area contributed by atoms with E-state index in [1.165, 1.54) is 0 Å². The van der Waals surface area contributed by atoms with Gasteiger partial charge in [-0.05, 0) is 12.3 Å². The molecule has 0 aromatic heterocycles. The van der Waals surface area contributed by atoms with E-state index in [2.05, 4.69) is 6.92 Å². The van der Waals surface area contributed by atoms with E-state index in [-0.39, 0.29) is 5.41 Å². The number of hydrogen-bond acceptors (Lipinski definition) is 2. The molecule has 2 nitrogen and oxygen atoms in total. The average molecular weight is 197 g/mol. The molecule has 0 N–H and O–H groups in total. The van der Waals surface area contributed by atoms with Gasteiger partial charge in [-0.2, -0.15) is 0 Å². The van der Waals surface area contributed by atoms with E-state index in [9.17, 15) is 0 Å². The van der Waals surface area contributed by atoms with Crippen molar-refractivity contribution in [3.63, 3.8) is 0 Å². The number of ether oxygens (including phenoxy) is 2. The van der Waals surface area contributed by atoms with Crippen molar-refractivity contribution in [2.24, 2.45) is 5.92 Å². The highest BCUT2D eigenvalue weighted by molar-refractivity contribution is 6.18. The lowest BCUT2D eigenvalue weighted by molar-refractivity contribution is -0.151. The van der Waals surface area contributed by atoms with Crippen molar-refractivity contribution < 1.29 is 9.47 Å². The van der Waals surface area contributed by atoms with Gasteiger partial charge in [0, 0.05) is 20.1 Å². The molecule has 0 heterocycles. The second-order valence-electron chi connectivity index (χ2n) is 3.01. The lowest BCUT2D eigenvalue weighted by Crippen LogP contribution is -2.36. The predicted molar refractivity (Wildman–Crippen MR) is 51.2 cm³/mol. The number of halogens is 1. The van der Waals surface area contributed by atoms with Crippen molar-refractivity contribution >= 4 is 21.8 Å². The Balaban J connectivity index is 3.86. The molecule has 1 unspecified atom stereocenters. The molecule has 0 rings (SSSR count). The standard InChI is InChI=1S/C7H17ClO2Si/c1-6(5-8)4-7(11,9-2)10-3/h6H,4-5H2,1-3,11H3. The molecule has 0 fully saturated rings. The third kappa shape index (κ3) is 4.11. The normalized spacial score (nSPS) is 15.3. The largest absolute Gasteiger partial charge is 0.358 e. The van der Waals surface area contributed by atoms with Crippen LogP contribution in [0.15, 0.2) is 0 Å². The predicted octanol–water partition coefficient (Wildman–Crippen LogP) is 0.563. The summed E-state index contributed by atoms with van der Waals surface area (Å²) in [4.78, 5) is 0. The van der Waals surface area contributed by atoms with E-state index >= 15 is 0 Å². The Hall–Kier alpha value is 0.427. The van der Waals surface area contributed by atoms with Gasteiger partial charge in [0.05, 0.1) is 10.2 Å². The van der Waals surface area contributed by atoms with Crippen LogP contribution in [0.5, 0.6) is 0 Å².